The van der Waals surface area contributed by atoms with Crippen LogP contribution in [0.3, 0.4) is 0 Å². The van der Waals surface area contributed by atoms with E-state index in [4.69, 9.17) is 15.9 Å². The van der Waals surface area contributed by atoms with Gasteiger partial charge in [0.25, 0.3) is 0 Å². The molecule has 0 aliphatic heterocycles. The van der Waals surface area contributed by atoms with Gasteiger partial charge < -0.3 is 15.9 Å². The number of carbonyl (C=O) groups is 2. The first-order chi connectivity index (χ1) is 8.82. The van der Waals surface area contributed by atoms with E-state index in [9.17, 15) is 14.4 Å². The van der Waals surface area contributed by atoms with Crippen molar-refractivity contribution in [1.82, 2.24) is 9.66 Å². The second kappa shape index (κ2) is 5.85. The van der Waals surface area contributed by atoms with E-state index in [2.05, 4.69) is 4.98 Å². The molecule has 4 N–H and O–H groups in total. The van der Waals surface area contributed by atoms with Crippen molar-refractivity contribution >= 4 is 17.8 Å². The topological polar surface area (TPSA) is 139 Å². The molecule has 104 valence electrons. The predicted molar refractivity (Wildman–Crippen MR) is 65.3 cm³/mol. The van der Waals surface area contributed by atoms with Gasteiger partial charge in [-0.25, -0.2) is 14.3 Å². The number of carboxylic acids is 2. The molecule has 1 rings (SSSR count). The molecule has 0 aliphatic carbocycles. The summed E-state index contributed by atoms with van der Waals surface area (Å²) in [5.41, 5.74) is 4.57. The summed E-state index contributed by atoms with van der Waals surface area (Å²) in [7, 11) is 0. The molecule has 1 aromatic heterocycles. The molecule has 0 saturated heterocycles. The van der Waals surface area contributed by atoms with Gasteiger partial charge in [-0.15, -0.1) is 0 Å². The van der Waals surface area contributed by atoms with E-state index in [1.54, 1.807) is 0 Å². The van der Waals surface area contributed by atoms with E-state index in [0.717, 1.165) is 9.69 Å². The number of carboxylic acid groups (broad SMARTS) is 2. The second-order valence-electron chi connectivity index (χ2n) is 3.80. The Kier molecular flexibility index (Phi) is 4.46. The number of anilines is 1. The zero-order chi connectivity index (χ0) is 14.6. The summed E-state index contributed by atoms with van der Waals surface area (Å²) in [4.78, 5) is 36.7. The Labute approximate surface area is 107 Å². The summed E-state index contributed by atoms with van der Waals surface area (Å²) in [5.74, 6) is -2.28. The molecule has 0 bridgehead atoms. The highest BCUT2D eigenvalue weighted by atomic mass is 16.4. The first kappa shape index (κ1) is 14.5. The number of aromatic nitrogens is 2. The van der Waals surface area contributed by atoms with Crippen molar-refractivity contribution in [3.8, 4) is 0 Å². The molecule has 0 unspecified atom stereocenters. The average molecular weight is 270 g/mol. The predicted octanol–water partition coefficient (Wildman–Crippen LogP) is -1.29. The largest absolute Gasteiger partial charge is 0.481 e. The van der Waals surface area contributed by atoms with Crippen LogP contribution >= 0.6 is 0 Å². The normalized spacial score (nSPS) is 11.8. The summed E-state index contributed by atoms with van der Waals surface area (Å²) < 4.78 is 0.943. The summed E-state index contributed by atoms with van der Waals surface area (Å²) >= 11 is 0. The van der Waals surface area contributed by atoms with E-state index in [1.807, 2.05) is 0 Å². The van der Waals surface area contributed by atoms with Crippen molar-refractivity contribution in [2.24, 2.45) is 0 Å². The summed E-state index contributed by atoms with van der Waals surface area (Å²) in [5, 5.41) is 18.7. The highest BCUT2D eigenvalue weighted by molar-refractivity contribution is 5.75. The Balaban J connectivity index is 3.11. The Morgan fingerprint density at radius 3 is 2.63 bits per heavy atom. The third-order valence-corrected chi connectivity index (χ3v) is 2.44. The third-order valence-electron chi connectivity index (χ3n) is 2.44. The van der Waals surface area contributed by atoms with Crippen LogP contribution in [0.25, 0.3) is 0 Å². The molecule has 19 heavy (non-hydrogen) atoms. The highest BCUT2D eigenvalue weighted by Gasteiger charge is 2.22. The van der Waals surface area contributed by atoms with E-state index in [0.29, 0.717) is 0 Å². The van der Waals surface area contributed by atoms with Gasteiger partial charge in [0.15, 0.2) is 0 Å². The number of aliphatic carboxylic acids is 2. The van der Waals surface area contributed by atoms with Crippen LogP contribution < -0.4 is 16.4 Å². The van der Waals surface area contributed by atoms with Gasteiger partial charge in [-0.1, -0.05) is 0 Å². The SMILES string of the molecule is C[C@@H](C(=O)O)N(CCC(=O)O)n1ccc(N)nc1=O. The summed E-state index contributed by atoms with van der Waals surface area (Å²) in [6.07, 6.45) is 0.945. The molecule has 0 aliphatic rings. The Hall–Kier alpha value is -2.58. The molecule has 0 fully saturated rings. The second-order valence-corrected chi connectivity index (χ2v) is 3.80. The van der Waals surface area contributed by atoms with Gasteiger partial charge in [0.05, 0.1) is 6.42 Å². The molecule has 0 aromatic carbocycles. The van der Waals surface area contributed by atoms with E-state index < -0.39 is 23.7 Å². The molecule has 0 saturated carbocycles. The van der Waals surface area contributed by atoms with Gasteiger partial charge >= 0.3 is 17.6 Å². The van der Waals surface area contributed by atoms with E-state index in [-0.39, 0.29) is 18.8 Å². The van der Waals surface area contributed by atoms with Crippen LogP contribution in [0.5, 0.6) is 0 Å². The van der Waals surface area contributed by atoms with Crippen LogP contribution in [0.4, 0.5) is 5.82 Å². The molecule has 1 atom stereocenters. The first-order valence-electron chi connectivity index (χ1n) is 5.39. The van der Waals surface area contributed by atoms with Crippen LogP contribution in [-0.4, -0.2) is 44.4 Å². The molecule has 1 heterocycles. The van der Waals surface area contributed by atoms with Crippen molar-refractivity contribution in [3.63, 3.8) is 0 Å². The number of rotatable bonds is 6. The Bertz CT molecular complexity index is 541. The molecule has 0 amide bonds. The molecule has 0 radical (unpaired) electrons. The lowest BCUT2D eigenvalue weighted by Gasteiger charge is -2.28. The van der Waals surface area contributed by atoms with Crippen LogP contribution in [0.2, 0.25) is 0 Å². The lowest BCUT2D eigenvalue weighted by Crippen LogP contribution is -2.52. The maximum absolute atomic E-state index is 11.6. The molecular formula is C10H14N4O5. The molecule has 9 heteroatoms. The molecular weight excluding hydrogens is 256 g/mol. The van der Waals surface area contributed by atoms with Crippen LogP contribution in [0.15, 0.2) is 17.1 Å². The third kappa shape index (κ3) is 3.69. The monoisotopic (exact) mass is 270 g/mol. The van der Waals surface area contributed by atoms with Gasteiger partial charge in [-0.05, 0) is 13.0 Å². The van der Waals surface area contributed by atoms with Gasteiger partial charge in [0.2, 0.25) is 0 Å². The Morgan fingerprint density at radius 1 is 1.53 bits per heavy atom. The van der Waals surface area contributed by atoms with Crippen LogP contribution in [0.1, 0.15) is 13.3 Å². The van der Waals surface area contributed by atoms with Gasteiger partial charge in [-0.2, -0.15) is 4.98 Å². The minimum atomic E-state index is -1.19. The molecule has 1 aromatic rings. The molecule has 9 nitrogen and oxygen atoms in total. The van der Waals surface area contributed by atoms with Crippen molar-refractivity contribution in [3.05, 3.63) is 22.7 Å². The standard InChI is InChI=1S/C10H14N4O5/c1-6(9(17)18)13(5-3-8(15)16)14-4-2-7(11)12-10(14)19/h2,4,6H,3,5H2,1H3,(H,15,16)(H,17,18)(H2,11,12,19)/t6-/m0/s1. The van der Waals surface area contributed by atoms with Gasteiger partial charge in [0, 0.05) is 12.7 Å². The van der Waals surface area contributed by atoms with Crippen molar-refractivity contribution < 1.29 is 19.8 Å². The smallest absolute Gasteiger partial charge is 0.368 e. The lowest BCUT2D eigenvalue weighted by atomic mass is 10.3. The highest BCUT2D eigenvalue weighted by Crippen LogP contribution is 2.00. The number of nitrogens with two attached hydrogens (primary N) is 1. The summed E-state index contributed by atoms with van der Waals surface area (Å²) in [6, 6.07) is 0.242. The summed E-state index contributed by atoms with van der Waals surface area (Å²) in [6.45, 7) is 1.20. The maximum atomic E-state index is 11.6. The fourth-order valence-electron chi connectivity index (χ4n) is 1.43. The zero-order valence-corrected chi connectivity index (χ0v) is 10.2. The fourth-order valence-corrected chi connectivity index (χ4v) is 1.43. The number of hydrogen-bond donors (Lipinski definition) is 3. The molecule has 0 spiro atoms. The van der Waals surface area contributed by atoms with Gasteiger partial charge in [-0.3, -0.25) is 9.80 Å². The zero-order valence-electron chi connectivity index (χ0n) is 10.2. The lowest BCUT2D eigenvalue weighted by molar-refractivity contribution is -0.140. The van der Waals surface area contributed by atoms with Crippen molar-refractivity contribution in [2.45, 2.75) is 19.4 Å². The van der Waals surface area contributed by atoms with Crippen molar-refractivity contribution in [2.75, 3.05) is 17.3 Å². The Morgan fingerprint density at radius 2 is 2.16 bits per heavy atom. The fraction of sp³-hybridized carbons (Fsp3) is 0.400. The van der Waals surface area contributed by atoms with Crippen LogP contribution in [-0.2, 0) is 9.59 Å². The minimum Gasteiger partial charge on any atom is -0.481 e. The van der Waals surface area contributed by atoms with Crippen molar-refractivity contribution in [1.29, 1.82) is 0 Å². The quantitative estimate of drug-likeness (QED) is 0.580. The minimum absolute atomic E-state index is 0.00223. The van der Waals surface area contributed by atoms with E-state index >= 15 is 0 Å². The number of nitrogens with zero attached hydrogens (tertiary/aromatic N) is 3. The first-order valence-corrected chi connectivity index (χ1v) is 5.39. The van der Waals surface area contributed by atoms with Gasteiger partial charge in [0.1, 0.15) is 11.9 Å². The van der Waals surface area contributed by atoms with Crippen LogP contribution in [0, 0.1) is 0 Å². The average Bonchev–Trinajstić information content (AvgIpc) is 2.30. The number of nitrogen functional groups attached to an aromatic ring is 1. The van der Waals surface area contributed by atoms with E-state index in [1.165, 1.54) is 19.2 Å². The maximum Gasteiger partial charge on any atom is 0.368 e. The number of hydrogen-bond acceptors (Lipinski definition) is 6.